The molecule has 0 aliphatic carbocycles. The monoisotopic (exact) mass is 260 g/mol. The van der Waals surface area contributed by atoms with E-state index in [1.165, 1.54) is 0 Å². The number of rotatable bonds is 5. The normalized spacial score (nSPS) is 17.1. The molecule has 1 aliphatic rings. The third-order valence-electron chi connectivity index (χ3n) is 3.76. The third kappa shape index (κ3) is 2.66. The Kier molecular flexibility index (Phi) is 3.95. The van der Waals surface area contributed by atoms with E-state index in [2.05, 4.69) is 31.3 Å². The summed E-state index contributed by atoms with van der Waals surface area (Å²) in [6, 6.07) is 8.64. The van der Waals surface area contributed by atoms with Gasteiger partial charge in [-0.25, -0.2) is 0 Å². The van der Waals surface area contributed by atoms with Crippen molar-refractivity contribution in [2.24, 2.45) is 0 Å². The summed E-state index contributed by atoms with van der Waals surface area (Å²) in [6.07, 6.45) is 0.980. The second kappa shape index (κ2) is 5.33. The average molecular weight is 260 g/mol. The molecule has 3 heteroatoms. The van der Waals surface area contributed by atoms with E-state index in [9.17, 15) is 4.79 Å². The molecule has 104 valence electrons. The summed E-state index contributed by atoms with van der Waals surface area (Å²) >= 11 is 0. The Hall–Kier alpha value is -1.35. The van der Waals surface area contributed by atoms with Crippen molar-refractivity contribution < 1.29 is 4.79 Å². The second-order valence-electron chi connectivity index (χ2n) is 6.06. The molecule has 3 nitrogen and oxygen atoms in total. The molecule has 0 aromatic heterocycles. The van der Waals surface area contributed by atoms with Gasteiger partial charge in [0.1, 0.15) is 0 Å². The second-order valence-corrected chi connectivity index (χ2v) is 6.06. The molecular formula is C16H24N2O. The van der Waals surface area contributed by atoms with Gasteiger partial charge in [-0.05, 0) is 38.4 Å². The maximum atomic E-state index is 12.5. The number of carbonyl (C=O) groups is 1. The van der Waals surface area contributed by atoms with Crippen LogP contribution >= 0.6 is 0 Å². The van der Waals surface area contributed by atoms with Gasteiger partial charge in [-0.1, -0.05) is 32.0 Å². The number of anilines is 1. The molecule has 1 aliphatic heterocycles. The fourth-order valence-electron chi connectivity index (χ4n) is 2.65. The Balaban J connectivity index is 2.08. The minimum Gasteiger partial charge on any atom is -0.314 e. The number of benzene rings is 1. The number of para-hydroxylation sites is 1. The molecular weight excluding hydrogens is 236 g/mol. The molecule has 1 aromatic carbocycles. The molecule has 1 amide bonds. The summed E-state index contributed by atoms with van der Waals surface area (Å²) < 4.78 is 0. The number of fused-ring (bicyclic) bond motifs is 1. The molecule has 0 unspecified atom stereocenters. The SMILES string of the molecule is CC(C)NCCCN1C(=O)C(C)(C)c2ccccc21. The van der Waals surface area contributed by atoms with Gasteiger partial charge in [-0.15, -0.1) is 0 Å². The molecule has 1 N–H and O–H groups in total. The van der Waals surface area contributed by atoms with E-state index >= 15 is 0 Å². The first-order chi connectivity index (χ1) is 8.94. The van der Waals surface area contributed by atoms with Crippen molar-refractivity contribution in [1.29, 1.82) is 0 Å². The molecule has 0 saturated heterocycles. The van der Waals surface area contributed by atoms with Gasteiger partial charge < -0.3 is 10.2 Å². The van der Waals surface area contributed by atoms with Crippen LogP contribution < -0.4 is 10.2 Å². The summed E-state index contributed by atoms with van der Waals surface area (Å²) in [5.74, 6) is 0.221. The summed E-state index contributed by atoms with van der Waals surface area (Å²) in [4.78, 5) is 14.5. The van der Waals surface area contributed by atoms with E-state index in [0.717, 1.165) is 30.8 Å². The van der Waals surface area contributed by atoms with Gasteiger partial charge in [-0.3, -0.25) is 4.79 Å². The molecule has 0 fully saturated rings. The van der Waals surface area contributed by atoms with Gasteiger partial charge in [0.2, 0.25) is 5.91 Å². The highest BCUT2D eigenvalue weighted by Crippen LogP contribution is 2.41. The van der Waals surface area contributed by atoms with E-state index in [-0.39, 0.29) is 11.3 Å². The first kappa shape index (κ1) is 14.1. The molecule has 19 heavy (non-hydrogen) atoms. The molecule has 1 aromatic rings. The van der Waals surface area contributed by atoms with Crippen molar-refractivity contribution in [3.05, 3.63) is 29.8 Å². The minimum absolute atomic E-state index is 0.221. The summed E-state index contributed by atoms with van der Waals surface area (Å²) in [5.41, 5.74) is 1.85. The molecule has 0 atom stereocenters. The van der Waals surface area contributed by atoms with Crippen LogP contribution in [0.4, 0.5) is 5.69 Å². The lowest BCUT2D eigenvalue weighted by Gasteiger charge is -2.20. The van der Waals surface area contributed by atoms with Crippen LogP contribution in [0.15, 0.2) is 24.3 Å². The number of amides is 1. The largest absolute Gasteiger partial charge is 0.314 e. The van der Waals surface area contributed by atoms with E-state index in [1.54, 1.807) is 0 Å². The first-order valence-electron chi connectivity index (χ1n) is 7.09. The molecule has 0 saturated carbocycles. The van der Waals surface area contributed by atoms with Crippen LogP contribution in [0.5, 0.6) is 0 Å². The molecule has 2 rings (SSSR count). The van der Waals surface area contributed by atoms with Crippen molar-refractivity contribution in [2.75, 3.05) is 18.0 Å². The zero-order chi connectivity index (χ0) is 14.0. The van der Waals surface area contributed by atoms with Crippen molar-refractivity contribution in [3.63, 3.8) is 0 Å². The average Bonchev–Trinajstić information content (AvgIpc) is 2.55. The van der Waals surface area contributed by atoms with Gasteiger partial charge in [-0.2, -0.15) is 0 Å². The predicted octanol–water partition coefficient (Wildman–Crippen LogP) is 2.70. The zero-order valence-corrected chi connectivity index (χ0v) is 12.4. The Morgan fingerprint density at radius 3 is 2.63 bits per heavy atom. The highest BCUT2D eigenvalue weighted by atomic mass is 16.2. The highest BCUT2D eigenvalue weighted by Gasteiger charge is 2.43. The van der Waals surface area contributed by atoms with Gasteiger partial charge >= 0.3 is 0 Å². The fraction of sp³-hybridized carbons (Fsp3) is 0.562. The van der Waals surface area contributed by atoms with Gasteiger partial charge in [0, 0.05) is 18.3 Å². The topological polar surface area (TPSA) is 32.3 Å². The maximum absolute atomic E-state index is 12.5. The first-order valence-corrected chi connectivity index (χ1v) is 7.09. The van der Waals surface area contributed by atoms with Crippen LogP contribution in [0, 0.1) is 0 Å². The number of nitrogens with one attached hydrogen (secondary N) is 1. The van der Waals surface area contributed by atoms with E-state index in [4.69, 9.17) is 0 Å². The van der Waals surface area contributed by atoms with Crippen molar-refractivity contribution in [3.8, 4) is 0 Å². The van der Waals surface area contributed by atoms with Gasteiger partial charge in [0.25, 0.3) is 0 Å². The number of nitrogens with zero attached hydrogens (tertiary/aromatic N) is 1. The van der Waals surface area contributed by atoms with Crippen LogP contribution in [-0.4, -0.2) is 25.0 Å². The lowest BCUT2D eigenvalue weighted by Crippen LogP contribution is -2.38. The van der Waals surface area contributed by atoms with Crippen molar-refractivity contribution in [1.82, 2.24) is 5.32 Å². The summed E-state index contributed by atoms with van der Waals surface area (Å²) in [7, 11) is 0. The molecule has 0 spiro atoms. The van der Waals surface area contributed by atoms with Crippen LogP contribution in [0.25, 0.3) is 0 Å². The van der Waals surface area contributed by atoms with Gasteiger partial charge in [0.05, 0.1) is 5.41 Å². The zero-order valence-electron chi connectivity index (χ0n) is 12.4. The molecule has 0 radical (unpaired) electrons. The molecule has 0 bridgehead atoms. The Bertz CT molecular complexity index is 466. The molecule has 1 heterocycles. The van der Waals surface area contributed by atoms with Crippen LogP contribution in [0.1, 0.15) is 39.7 Å². The lowest BCUT2D eigenvalue weighted by atomic mass is 9.86. The van der Waals surface area contributed by atoms with Crippen molar-refractivity contribution in [2.45, 2.75) is 45.6 Å². The lowest BCUT2D eigenvalue weighted by molar-refractivity contribution is -0.122. The quantitative estimate of drug-likeness (QED) is 0.826. The van der Waals surface area contributed by atoms with Gasteiger partial charge in [0.15, 0.2) is 0 Å². The smallest absolute Gasteiger partial charge is 0.237 e. The van der Waals surface area contributed by atoms with Crippen LogP contribution in [-0.2, 0) is 10.2 Å². The Labute approximate surface area is 116 Å². The Morgan fingerprint density at radius 2 is 1.95 bits per heavy atom. The number of carbonyl (C=O) groups excluding carboxylic acids is 1. The highest BCUT2D eigenvalue weighted by molar-refractivity contribution is 6.07. The third-order valence-corrected chi connectivity index (χ3v) is 3.76. The standard InChI is InChI=1S/C16H24N2O/c1-12(2)17-10-7-11-18-14-9-6-5-8-13(14)16(3,4)15(18)19/h5-6,8-9,12,17H,7,10-11H2,1-4H3. The maximum Gasteiger partial charge on any atom is 0.237 e. The summed E-state index contributed by atoms with van der Waals surface area (Å²) in [5, 5.41) is 3.39. The summed E-state index contributed by atoms with van der Waals surface area (Å²) in [6.45, 7) is 10.0. The minimum atomic E-state index is -0.387. The number of hydrogen-bond donors (Lipinski definition) is 1. The van der Waals surface area contributed by atoms with Crippen molar-refractivity contribution >= 4 is 11.6 Å². The van der Waals surface area contributed by atoms with E-state index in [1.807, 2.05) is 30.9 Å². The predicted molar refractivity (Wildman–Crippen MR) is 79.6 cm³/mol. The van der Waals surface area contributed by atoms with E-state index < -0.39 is 0 Å². The van der Waals surface area contributed by atoms with E-state index in [0.29, 0.717) is 6.04 Å². The van der Waals surface area contributed by atoms with Crippen LogP contribution in [0.2, 0.25) is 0 Å². The van der Waals surface area contributed by atoms with Crippen LogP contribution in [0.3, 0.4) is 0 Å². The number of hydrogen-bond acceptors (Lipinski definition) is 2. The Morgan fingerprint density at radius 1 is 1.26 bits per heavy atom. The fourth-order valence-corrected chi connectivity index (χ4v) is 2.65.